The van der Waals surface area contributed by atoms with Crippen molar-refractivity contribution in [3.8, 4) is 0 Å². The molecule has 6 nitrogen and oxygen atoms in total. The maximum absolute atomic E-state index is 4.28. The van der Waals surface area contributed by atoms with Crippen LogP contribution in [0.5, 0.6) is 0 Å². The molecule has 0 saturated carbocycles. The lowest BCUT2D eigenvalue weighted by Gasteiger charge is -2.14. The van der Waals surface area contributed by atoms with Crippen molar-refractivity contribution in [3.05, 3.63) is 41.5 Å². The van der Waals surface area contributed by atoms with Crippen LogP contribution in [-0.4, -0.2) is 40.6 Å². The summed E-state index contributed by atoms with van der Waals surface area (Å²) >= 11 is 1.77. The largest absolute Gasteiger partial charge is 0.355 e. The Morgan fingerprint density at radius 3 is 2.80 bits per heavy atom. The molecule has 2 aromatic rings. The lowest BCUT2D eigenvalue weighted by molar-refractivity contribution is 0.632. The van der Waals surface area contributed by atoms with Gasteiger partial charge in [0.2, 0.25) is 0 Å². The molecule has 0 saturated heterocycles. The first-order chi connectivity index (χ1) is 11.7. The minimum absolute atomic E-state index is 0. The molecule has 1 aromatic carbocycles. The topological polar surface area (TPSA) is 67.1 Å². The fourth-order valence-corrected chi connectivity index (χ4v) is 3.14. The number of hydrogen-bond acceptors (Lipinski definition) is 4. The monoisotopic (exact) mass is 474 g/mol. The summed E-state index contributed by atoms with van der Waals surface area (Å²) in [5.74, 6) is 1.80. The van der Waals surface area contributed by atoms with E-state index in [9.17, 15) is 0 Å². The summed E-state index contributed by atoms with van der Waals surface area (Å²) in [6.45, 7) is 6.54. The number of aryl methyl sites for hydroxylation is 2. The number of thioether (sulfide) groups is 1. The van der Waals surface area contributed by atoms with Crippen molar-refractivity contribution in [1.82, 2.24) is 25.4 Å². The Morgan fingerprint density at radius 1 is 1.32 bits per heavy atom. The van der Waals surface area contributed by atoms with Crippen LogP contribution in [0.1, 0.15) is 23.9 Å². The normalized spacial score (nSPS) is 11.1. The van der Waals surface area contributed by atoms with Crippen molar-refractivity contribution < 1.29 is 0 Å². The van der Waals surface area contributed by atoms with Crippen molar-refractivity contribution in [3.63, 3.8) is 0 Å². The minimum atomic E-state index is 0. The maximum Gasteiger partial charge on any atom is 0.191 e. The van der Waals surface area contributed by atoms with Crippen LogP contribution in [0.4, 0.5) is 0 Å². The quantitative estimate of drug-likeness (QED) is 0.280. The predicted octanol–water partition coefficient (Wildman–Crippen LogP) is 2.85. The number of nitrogens with zero attached hydrogens (tertiary/aromatic N) is 4. The SMILES string of the molecule is CCc1nncn1CCNC(=NC)NCc1ccc(C)cc1SC.I. The molecule has 0 spiro atoms. The van der Waals surface area contributed by atoms with Crippen molar-refractivity contribution >= 4 is 41.7 Å². The highest BCUT2D eigenvalue weighted by molar-refractivity contribution is 14.0. The number of rotatable bonds is 7. The van der Waals surface area contributed by atoms with Gasteiger partial charge >= 0.3 is 0 Å². The van der Waals surface area contributed by atoms with Crippen LogP contribution < -0.4 is 10.6 Å². The third-order valence-electron chi connectivity index (χ3n) is 3.77. The third-order valence-corrected chi connectivity index (χ3v) is 4.59. The molecule has 0 amide bonds. The van der Waals surface area contributed by atoms with E-state index >= 15 is 0 Å². The van der Waals surface area contributed by atoms with E-state index < -0.39 is 0 Å². The fourth-order valence-electron chi connectivity index (χ4n) is 2.43. The fraction of sp³-hybridized carbons (Fsp3) is 0.471. The molecule has 1 aromatic heterocycles. The second-order valence-corrected chi connectivity index (χ2v) is 6.31. The molecule has 1 heterocycles. The first-order valence-corrected chi connectivity index (χ1v) is 9.35. The average Bonchev–Trinajstić information content (AvgIpc) is 3.06. The average molecular weight is 474 g/mol. The second-order valence-electron chi connectivity index (χ2n) is 5.46. The number of aromatic nitrogens is 3. The summed E-state index contributed by atoms with van der Waals surface area (Å²) in [6.07, 6.45) is 4.77. The van der Waals surface area contributed by atoms with Gasteiger partial charge in [-0.2, -0.15) is 0 Å². The maximum atomic E-state index is 4.28. The van der Waals surface area contributed by atoms with Gasteiger partial charge in [0.25, 0.3) is 0 Å². The second kappa shape index (κ2) is 11.3. The highest BCUT2D eigenvalue weighted by atomic mass is 127. The Bertz CT molecular complexity index is 686. The molecular formula is C17H27IN6S. The van der Waals surface area contributed by atoms with Gasteiger partial charge in [-0.05, 0) is 30.4 Å². The molecule has 2 rings (SSSR count). The van der Waals surface area contributed by atoms with Crippen LogP contribution in [0.25, 0.3) is 0 Å². The summed E-state index contributed by atoms with van der Waals surface area (Å²) < 4.78 is 2.06. The molecule has 2 N–H and O–H groups in total. The highest BCUT2D eigenvalue weighted by Crippen LogP contribution is 2.21. The predicted molar refractivity (Wildman–Crippen MR) is 116 cm³/mol. The molecule has 25 heavy (non-hydrogen) atoms. The van der Waals surface area contributed by atoms with E-state index in [1.54, 1.807) is 25.1 Å². The van der Waals surface area contributed by atoms with E-state index in [1.807, 2.05) is 0 Å². The summed E-state index contributed by atoms with van der Waals surface area (Å²) in [5.41, 5.74) is 2.56. The molecule has 0 aliphatic heterocycles. The van der Waals surface area contributed by atoms with Crippen molar-refractivity contribution in [1.29, 1.82) is 0 Å². The van der Waals surface area contributed by atoms with Gasteiger partial charge in [0.1, 0.15) is 12.2 Å². The summed E-state index contributed by atoms with van der Waals surface area (Å²) in [6, 6.07) is 6.54. The lowest BCUT2D eigenvalue weighted by atomic mass is 10.1. The van der Waals surface area contributed by atoms with Crippen molar-refractivity contribution in [2.45, 2.75) is 38.3 Å². The van der Waals surface area contributed by atoms with E-state index in [1.165, 1.54) is 16.0 Å². The van der Waals surface area contributed by atoms with Gasteiger partial charge < -0.3 is 15.2 Å². The van der Waals surface area contributed by atoms with Crippen LogP contribution >= 0.6 is 35.7 Å². The standard InChI is InChI=1S/C17H26N6S.HI/c1-5-16-22-21-12-23(16)9-8-19-17(18-3)20-11-14-7-6-13(2)10-15(14)24-4;/h6-7,10,12H,5,8-9,11H2,1-4H3,(H2,18,19,20);1H. The van der Waals surface area contributed by atoms with E-state index in [4.69, 9.17) is 0 Å². The van der Waals surface area contributed by atoms with Crippen LogP contribution in [0.15, 0.2) is 34.4 Å². The molecule has 138 valence electrons. The Balaban J connectivity index is 0.00000312. The van der Waals surface area contributed by atoms with Gasteiger partial charge in [0.15, 0.2) is 5.96 Å². The van der Waals surface area contributed by atoms with Crippen molar-refractivity contribution in [2.24, 2.45) is 4.99 Å². The highest BCUT2D eigenvalue weighted by Gasteiger charge is 2.05. The molecule has 0 unspecified atom stereocenters. The van der Waals surface area contributed by atoms with Gasteiger partial charge in [-0.25, -0.2) is 0 Å². The summed E-state index contributed by atoms with van der Waals surface area (Å²) in [7, 11) is 1.79. The summed E-state index contributed by atoms with van der Waals surface area (Å²) in [5, 5.41) is 14.7. The first-order valence-electron chi connectivity index (χ1n) is 8.12. The van der Waals surface area contributed by atoms with Crippen LogP contribution in [0.3, 0.4) is 0 Å². The Hall–Kier alpha value is -1.29. The van der Waals surface area contributed by atoms with Gasteiger partial charge in [-0.3, -0.25) is 4.99 Å². The molecule has 0 aliphatic carbocycles. The van der Waals surface area contributed by atoms with Crippen molar-refractivity contribution in [2.75, 3.05) is 19.8 Å². The zero-order valence-electron chi connectivity index (χ0n) is 15.2. The van der Waals surface area contributed by atoms with Crippen LogP contribution in [-0.2, 0) is 19.5 Å². The zero-order valence-corrected chi connectivity index (χ0v) is 18.4. The number of nitrogens with one attached hydrogen (secondary N) is 2. The molecule has 0 fully saturated rings. The Labute approximate surface area is 171 Å². The molecule has 0 bridgehead atoms. The van der Waals surface area contributed by atoms with Gasteiger partial charge in [-0.15, -0.1) is 45.9 Å². The number of aliphatic imine (C=N–C) groups is 1. The number of benzene rings is 1. The third kappa shape index (κ3) is 6.50. The number of halogens is 1. The Morgan fingerprint density at radius 2 is 2.12 bits per heavy atom. The van der Waals surface area contributed by atoms with Gasteiger partial charge in [-0.1, -0.05) is 19.1 Å². The molecule has 8 heteroatoms. The molecular weight excluding hydrogens is 447 g/mol. The first kappa shape index (κ1) is 21.8. The summed E-state index contributed by atoms with van der Waals surface area (Å²) in [4.78, 5) is 5.59. The van der Waals surface area contributed by atoms with E-state index in [0.717, 1.165) is 37.8 Å². The molecule has 0 atom stereocenters. The Kier molecular flexibility index (Phi) is 9.88. The van der Waals surface area contributed by atoms with E-state index in [2.05, 4.69) is 68.7 Å². The minimum Gasteiger partial charge on any atom is -0.355 e. The van der Waals surface area contributed by atoms with Gasteiger partial charge in [0.05, 0.1) is 0 Å². The smallest absolute Gasteiger partial charge is 0.191 e. The molecule has 0 aliphatic rings. The number of guanidine groups is 1. The van der Waals surface area contributed by atoms with E-state index in [0.29, 0.717) is 0 Å². The molecule has 0 radical (unpaired) electrons. The van der Waals surface area contributed by atoms with Gasteiger partial charge in [0, 0.05) is 38.0 Å². The van der Waals surface area contributed by atoms with Crippen LogP contribution in [0.2, 0.25) is 0 Å². The van der Waals surface area contributed by atoms with E-state index in [-0.39, 0.29) is 24.0 Å². The zero-order chi connectivity index (χ0) is 17.4. The lowest BCUT2D eigenvalue weighted by Crippen LogP contribution is -2.38. The van der Waals surface area contributed by atoms with Crippen LogP contribution in [0, 0.1) is 6.92 Å². The number of hydrogen-bond donors (Lipinski definition) is 2.